The summed E-state index contributed by atoms with van der Waals surface area (Å²) in [4.78, 5) is 28.4. The summed E-state index contributed by atoms with van der Waals surface area (Å²) in [6.45, 7) is 3.35. The molecule has 1 aliphatic rings. The predicted molar refractivity (Wildman–Crippen MR) is 82.7 cm³/mol. The van der Waals surface area contributed by atoms with Crippen molar-refractivity contribution in [2.75, 3.05) is 23.8 Å². The lowest BCUT2D eigenvalue weighted by molar-refractivity contribution is 0.279. The number of nitrogens with one attached hydrogen (secondary N) is 1. The van der Waals surface area contributed by atoms with Gasteiger partial charge in [0.1, 0.15) is 11.5 Å². The summed E-state index contributed by atoms with van der Waals surface area (Å²) in [5.41, 5.74) is 5.63. The normalized spacial score (nSPS) is 18.4. The second-order valence-electron chi connectivity index (χ2n) is 5.50. The van der Waals surface area contributed by atoms with Crippen molar-refractivity contribution in [2.24, 2.45) is 0 Å². The first-order valence-corrected chi connectivity index (χ1v) is 7.60. The largest absolute Gasteiger partial charge is 0.396 e. The molecule has 0 aliphatic carbocycles. The molecule has 1 aliphatic heterocycles. The molecule has 0 amide bonds. The zero-order valence-electron chi connectivity index (χ0n) is 12.5. The first-order chi connectivity index (χ1) is 10.1. The smallest absolute Gasteiger partial charge is 0.330 e. The Morgan fingerprint density at radius 2 is 2.19 bits per heavy atom. The molecule has 0 spiro atoms. The highest BCUT2D eigenvalue weighted by molar-refractivity contribution is 5.63. The van der Waals surface area contributed by atoms with Crippen LogP contribution in [-0.4, -0.2) is 33.9 Å². The van der Waals surface area contributed by atoms with E-state index in [9.17, 15) is 9.59 Å². The highest BCUT2D eigenvalue weighted by Gasteiger charge is 2.29. The number of hydrogen-bond acceptors (Lipinski definition) is 5. The van der Waals surface area contributed by atoms with Gasteiger partial charge in [0.15, 0.2) is 0 Å². The molecule has 0 bridgehead atoms. The zero-order chi connectivity index (χ0) is 15.4. The van der Waals surface area contributed by atoms with Crippen LogP contribution in [0.15, 0.2) is 9.59 Å². The van der Waals surface area contributed by atoms with Gasteiger partial charge in [-0.15, -0.1) is 0 Å². The highest BCUT2D eigenvalue weighted by atomic mass is 16.3. The average Bonchev–Trinajstić information content (AvgIpc) is 2.89. The molecule has 1 aromatic rings. The molecule has 0 aromatic carbocycles. The molecular weight excluding hydrogens is 272 g/mol. The lowest BCUT2D eigenvalue weighted by Gasteiger charge is -2.27. The third-order valence-corrected chi connectivity index (χ3v) is 4.02. The standard InChI is InChI=1S/C14H24N4O3/c1-2-7-18-12(15)11(13(20)16-14(18)21)17-8-3-5-10(17)6-4-9-19/h10,19H,2-9,15H2,1H3,(H,16,20,21). The quantitative estimate of drug-likeness (QED) is 0.699. The van der Waals surface area contributed by atoms with Crippen molar-refractivity contribution in [3.63, 3.8) is 0 Å². The molecule has 0 radical (unpaired) electrons. The molecule has 7 heteroatoms. The molecule has 1 unspecified atom stereocenters. The number of anilines is 2. The topological polar surface area (TPSA) is 104 Å². The third kappa shape index (κ3) is 3.12. The van der Waals surface area contributed by atoms with E-state index in [4.69, 9.17) is 10.8 Å². The number of aromatic nitrogens is 2. The molecule has 0 saturated carbocycles. The molecular formula is C14H24N4O3. The van der Waals surface area contributed by atoms with Crippen LogP contribution in [0.1, 0.15) is 39.0 Å². The number of nitrogens with two attached hydrogens (primary N) is 1. The maximum absolute atomic E-state index is 12.2. The molecule has 2 heterocycles. The van der Waals surface area contributed by atoms with Gasteiger partial charge in [-0.3, -0.25) is 14.3 Å². The Balaban J connectivity index is 2.40. The Labute approximate surface area is 123 Å². The summed E-state index contributed by atoms with van der Waals surface area (Å²) in [7, 11) is 0. The van der Waals surface area contributed by atoms with E-state index in [1.807, 2.05) is 11.8 Å². The lowest BCUT2D eigenvalue weighted by atomic mass is 10.1. The van der Waals surface area contributed by atoms with E-state index in [0.717, 1.165) is 32.2 Å². The third-order valence-electron chi connectivity index (χ3n) is 4.02. The molecule has 2 rings (SSSR count). The van der Waals surface area contributed by atoms with Crippen LogP contribution in [0.5, 0.6) is 0 Å². The number of nitrogen functional groups attached to an aromatic ring is 1. The van der Waals surface area contributed by atoms with Gasteiger partial charge in [0, 0.05) is 25.7 Å². The van der Waals surface area contributed by atoms with Crippen LogP contribution in [0, 0.1) is 0 Å². The van der Waals surface area contributed by atoms with Crippen molar-refractivity contribution in [3.8, 4) is 0 Å². The number of rotatable bonds is 6. The monoisotopic (exact) mass is 296 g/mol. The van der Waals surface area contributed by atoms with E-state index in [1.165, 1.54) is 4.57 Å². The number of aromatic amines is 1. The molecule has 1 atom stereocenters. The van der Waals surface area contributed by atoms with Crippen LogP contribution in [0.25, 0.3) is 0 Å². The van der Waals surface area contributed by atoms with E-state index >= 15 is 0 Å². The zero-order valence-corrected chi connectivity index (χ0v) is 12.5. The Morgan fingerprint density at radius 1 is 1.43 bits per heavy atom. The highest BCUT2D eigenvalue weighted by Crippen LogP contribution is 2.28. The van der Waals surface area contributed by atoms with Gasteiger partial charge in [-0.05, 0) is 32.1 Å². The molecule has 4 N–H and O–H groups in total. The van der Waals surface area contributed by atoms with Gasteiger partial charge in [-0.2, -0.15) is 0 Å². The van der Waals surface area contributed by atoms with E-state index in [1.54, 1.807) is 0 Å². The van der Waals surface area contributed by atoms with Gasteiger partial charge in [0.2, 0.25) is 0 Å². The van der Waals surface area contributed by atoms with Crippen LogP contribution in [-0.2, 0) is 6.54 Å². The number of H-pyrrole nitrogens is 1. The van der Waals surface area contributed by atoms with Gasteiger partial charge < -0.3 is 15.7 Å². The molecule has 1 saturated heterocycles. The first kappa shape index (κ1) is 15.6. The molecule has 21 heavy (non-hydrogen) atoms. The van der Waals surface area contributed by atoms with Crippen LogP contribution < -0.4 is 21.9 Å². The van der Waals surface area contributed by atoms with Crippen molar-refractivity contribution in [1.82, 2.24) is 9.55 Å². The Morgan fingerprint density at radius 3 is 2.86 bits per heavy atom. The Bertz CT molecular complexity index is 593. The fraction of sp³-hybridized carbons (Fsp3) is 0.714. The molecule has 1 fully saturated rings. The van der Waals surface area contributed by atoms with Crippen LogP contribution >= 0.6 is 0 Å². The minimum absolute atomic E-state index is 0.144. The second-order valence-corrected chi connectivity index (χ2v) is 5.50. The van der Waals surface area contributed by atoms with Crippen molar-refractivity contribution < 1.29 is 5.11 Å². The predicted octanol–water partition coefficient (Wildman–Crippen LogP) is 0.270. The molecule has 118 valence electrons. The van der Waals surface area contributed by atoms with Crippen LogP contribution in [0.4, 0.5) is 11.5 Å². The van der Waals surface area contributed by atoms with Gasteiger partial charge in [0.25, 0.3) is 5.56 Å². The minimum atomic E-state index is -0.450. The van der Waals surface area contributed by atoms with Gasteiger partial charge in [0.05, 0.1) is 0 Å². The molecule has 7 nitrogen and oxygen atoms in total. The van der Waals surface area contributed by atoms with Crippen LogP contribution in [0.3, 0.4) is 0 Å². The van der Waals surface area contributed by atoms with Gasteiger partial charge in [-0.1, -0.05) is 6.92 Å². The second kappa shape index (κ2) is 6.80. The summed E-state index contributed by atoms with van der Waals surface area (Å²) >= 11 is 0. The average molecular weight is 296 g/mol. The van der Waals surface area contributed by atoms with E-state index < -0.39 is 11.2 Å². The van der Waals surface area contributed by atoms with Crippen molar-refractivity contribution in [3.05, 3.63) is 20.8 Å². The summed E-state index contributed by atoms with van der Waals surface area (Å²) in [6, 6.07) is 0.202. The van der Waals surface area contributed by atoms with E-state index in [-0.39, 0.29) is 18.5 Å². The van der Waals surface area contributed by atoms with Crippen molar-refractivity contribution >= 4 is 11.5 Å². The maximum Gasteiger partial charge on any atom is 0.330 e. The SMILES string of the molecule is CCCn1c(N)c(N2CCCC2CCCO)c(=O)[nH]c1=O. The minimum Gasteiger partial charge on any atom is -0.396 e. The maximum atomic E-state index is 12.2. The summed E-state index contributed by atoms with van der Waals surface area (Å²) in [6.07, 6.45) is 4.26. The van der Waals surface area contributed by atoms with E-state index in [2.05, 4.69) is 4.98 Å². The Hall–Kier alpha value is -1.76. The fourth-order valence-electron chi connectivity index (χ4n) is 3.06. The van der Waals surface area contributed by atoms with Crippen molar-refractivity contribution in [1.29, 1.82) is 0 Å². The number of aliphatic hydroxyl groups excluding tert-OH is 1. The summed E-state index contributed by atoms with van der Waals surface area (Å²) < 4.78 is 1.43. The number of nitrogens with zero attached hydrogens (tertiary/aromatic N) is 2. The summed E-state index contributed by atoms with van der Waals surface area (Å²) in [5, 5.41) is 8.99. The van der Waals surface area contributed by atoms with Gasteiger partial charge >= 0.3 is 5.69 Å². The Kier molecular flexibility index (Phi) is 5.06. The van der Waals surface area contributed by atoms with Gasteiger partial charge in [-0.25, -0.2) is 4.79 Å². The van der Waals surface area contributed by atoms with Crippen LogP contribution in [0.2, 0.25) is 0 Å². The van der Waals surface area contributed by atoms with E-state index in [0.29, 0.717) is 18.7 Å². The fourth-order valence-corrected chi connectivity index (χ4v) is 3.06. The number of aliphatic hydroxyl groups is 1. The summed E-state index contributed by atoms with van der Waals surface area (Å²) in [5.74, 6) is 0.251. The lowest BCUT2D eigenvalue weighted by Crippen LogP contribution is -2.40. The number of hydrogen-bond donors (Lipinski definition) is 3. The first-order valence-electron chi connectivity index (χ1n) is 7.60. The molecule has 1 aromatic heterocycles. The van der Waals surface area contributed by atoms with Crippen molar-refractivity contribution in [2.45, 2.75) is 51.6 Å².